The molecule has 1 atom stereocenters. The van der Waals surface area contributed by atoms with E-state index in [9.17, 15) is 0 Å². The average Bonchev–Trinajstić information content (AvgIpc) is 2.91. The summed E-state index contributed by atoms with van der Waals surface area (Å²) in [5.41, 5.74) is 2.92. The molecule has 2 aromatic rings. The molecule has 0 bridgehead atoms. The lowest BCUT2D eigenvalue weighted by molar-refractivity contribution is 0.779. The smallest absolute Gasteiger partial charge is 0.223 e. The van der Waals surface area contributed by atoms with Crippen LogP contribution in [-0.4, -0.2) is 29.1 Å². The van der Waals surface area contributed by atoms with E-state index in [1.807, 2.05) is 37.3 Å². The largest absolute Gasteiger partial charge is 0.350 e. The highest BCUT2D eigenvalue weighted by Gasteiger charge is 2.15. The fourth-order valence-corrected chi connectivity index (χ4v) is 2.49. The van der Waals surface area contributed by atoms with Gasteiger partial charge in [-0.25, -0.2) is 9.97 Å². The van der Waals surface area contributed by atoms with Crippen molar-refractivity contribution in [1.29, 1.82) is 0 Å². The van der Waals surface area contributed by atoms with Crippen molar-refractivity contribution in [3.05, 3.63) is 41.0 Å². The summed E-state index contributed by atoms with van der Waals surface area (Å²) < 4.78 is 0. The SMILES string of the molecule is Cc1cc(-c2ccc(Cl)cc2)nc(NC2CCNC2)n1. The van der Waals surface area contributed by atoms with Gasteiger partial charge in [-0.3, -0.25) is 0 Å². The fraction of sp³-hybridized carbons (Fsp3) is 0.333. The van der Waals surface area contributed by atoms with E-state index in [1.165, 1.54) is 0 Å². The Labute approximate surface area is 123 Å². The Balaban J connectivity index is 1.87. The standard InChI is InChI=1S/C15H17ClN4/c1-10-8-14(11-2-4-12(16)5-3-11)20-15(18-10)19-13-6-7-17-9-13/h2-5,8,13,17H,6-7,9H2,1H3,(H,18,19,20). The molecule has 104 valence electrons. The van der Waals surface area contributed by atoms with Gasteiger partial charge in [-0.15, -0.1) is 0 Å². The first kappa shape index (κ1) is 13.3. The van der Waals surface area contributed by atoms with Crippen LogP contribution in [0.5, 0.6) is 0 Å². The zero-order valence-corrected chi connectivity index (χ0v) is 12.1. The Hall–Kier alpha value is -1.65. The predicted molar refractivity (Wildman–Crippen MR) is 82.1 cm³/mol. The molecule has 1 aliphatic rings. The van der Waals surface area contributed by atoms with Crippen LogP contribution in [0.4, 0.5) is 5.95 Å². The normalized spacial score (nSPS) is 18.2. The van der Waals surface area contributed by atoms with E-state index in [2.05, 4.69) is 20.6 Å². The number of aryl methyl sites for hydroxylation is 1. The van der Waals surface area contributed by atoms with Gasteiger partial charge < -0.3 is 10.6 Å². The lowest BCUT2D eigenvalue weighted by Crippen LogP contribution is -2.23. The van der Waals surface area contributed by atoms with Crippen molar-refractivity contribution in [2.75, 3.05) is 18.4 Å². The molecule has 1 unspecified atom stereocenters. The second kappa shape index (κ2) is 5.77. The Kier molecular flexibility index (Phi) is 3.85. The number of aromatic nitrogens is 2. The lowest BCUT2D eigenvalue weighted by atomic mass is 10.1. The fourth-order valence-electron chi connectivity index (χ4n) is 2.36. The molecule has 2 N–H and O–H groups in total. The first-order chi connectivity index (χ1) is 9.70. The summed E-state index contributed by atoms with van der Waals surface area (Å²) in [4.78, 5) is 9.07. The third kappa shape index (κ3) is 3.08. The summed E-state index contributed by atoms with van der Waals surface area (Å²) in [7, 11) is 0. The molecule has 0 spiro atoms. The van der Waals surface area contributed by atoms with Crippen molar-refractivity contribution in [3.63, 3.8) is 0 Å². The van der Waals surface area contributed by atoms with Crippen molar-refractivity contribution in [2.24, 2.45) is 0 Å². The number of nitrogens with one attached hydrogen (secondary N) is 2. The molecule has 1 aromatic carbocycles. The number of benzene rings is 1. The zero-order chi connectivity index (χ0) is 13.9. The molecule has 20 heavy (non-hydrogen) atoms. The zero-order valence-electron chi connectivity index (χ0n) is 11.4. The van der Waals surface area contributed by atoms with Crippen LogP contribution in [0.2, 0.25) is 5.02 Å². The van der Waals surface area contributed by atoms with Gasteiger partial charge in [0.05, 0.1) is 5.69 Å². The van der Waals surface area contributed by atoms with Crippen LogP contribution in [0.3, 0.4) is 0 Å². The summed E-state index contributed by atoms with van der Waals surface area (Å²) in [5, 5.41) is 7.45. The molecule has 1 fully saturated rings. The van der Waals surface area contributed by atoms with Crippen molar-refractivity contribution >= 4 is 17.5 Å². The lowest BCUT2D eigenvalue weighted by Gasteiger charge is -2.13. The number of nitrogens with zero attached hydrogens (tertiary/aromatic N) is 2. The van der Waals surface area contributed by atoms with E-state index >= 15 is 0 Å². The van der Waals surface area contributed by atoms with Crippen LogP contribution >= 0.6 is 11.6 Å². The van der Waals surface area contributed by atoms with Gasteiger partial charge in [0.2, 0.25) is 5.95 Å². The third-order valence-electron chi connectivity index (χ3n) is 3.39. The van der Waals surface area contributed by atoms with Gasteiger partial charge in [0, 0.05) is 28.9 Å². The van der Waals surface area contributed by atoms with E-state index < -0.39 is 0 Å². The molecule has 5 heteroatoms. The highest BCUT2D eigenvalue weighted by molar-refractivity contribution is 6.30. The van der Waals surface area contributed by atoms with Crippen molar-refractivity contribution < 1.29 is 0 Å². The van der Waals surface area contributed by atoms with Crippen LogP contribution in [0.25, 0.3) is 11.3 Å². The molecule has 0 radical (unpaired) electrons. The maximum Gasteiger partial charge on any atom is 0.223 e. The van der Waals surface area contributed by atoms with E-state index in [-0.39, 0.29) is 0 Å². The minimum absolute atomic E-state index is 0.412. The molecule has 0 amide bonds. The van der Waals surface area contributed by atoms with E-state index in [0.717, 1.165) is 41.5 Å². The molecule has 0 aliphatic carbocycles. The number of anilines is 1. The highest BCUT2D eigenvalue weighted by atomic mass is 35.5. The van der Waals surface area contributed by atoms with Crippen molar-refractivity contribution in [1.82, 2.24) is 15.3 Å². The minimum atomic E-state index is 0.412. The van der Waals surface area contributed by atoms with Gasteiger partial charge in [-0.2, -0.15) is 0 Å². The second-order valence-electron chi connectivity index (χ2n) is 5.06. The highest BCUT2D eigenvalue weighted by Crippen LogP contribution is 2.21. The van der Waals surface area contributed by atoms with Crippen LogP contribution in [-0.2, 0) is 0 Å². The maximum atomic E-state index is 5.92. The number of hydrogen-bond acceptors (Lipinski definition) is 4. The molecule has 1 aliphatic heterocycles. The third-order valence-corrected chi connectivity index (χ3v) is 3.64. The van der Waals surface area contributed by atoms with Gasteiger partial charge in [0.1, 0.15) is 0 Å². The summed E-state index contributed by atoms with van der Waals surface area (Å²) >= 11 is 5.92. The molecule has 2 heterocycles. The van der Waals surface area contributed by atoms with Crippen LogP contribution in [0.15, 0.2) is 30.3 Å². The van der Waals surface area contributed by atoms with E-state index in [1.54, 1.807) is 0 Å². The van der Waals surface area contributed by atoms with E-state index in [0.29, 0.717) is 12.0 Å². The molecule has 3 rings (SSSR count). The van der Waals surface area contributed by atoms with Gasteiger partial charge in [-0.05, 0) is 38.1 Å². The Morgan fingerprint density at radius 2 is 2.05 bits per heavy atom. The van der Waals surface area contributed by atoms with Crippen LogP contribution in [0, 0.1) is 6.92 Å². The number of hydrogen-bond donors (Lipinski definition) is 2. The number of halogens is 1. The van der Waals surface area contributed by atoms with Gasteiger partial charge in [0.15, 0.2) is 0 Å². The Morgan fingerprint density at radius 1 is 1.25 bits per heavy atom. The summed E-state index contributed by atoms with van der Waals surface area (Å²) in [5.74, 6) is 0.698. The molecular weight excluding hydrogens is 272 g/mol. The molecule has 1 saturated heterocycles. The molecular formula is C15H17ClN4. The minimum Gasteiger partial charge on any atom is -0.350 e. The predicted octanol–water partition coefficient (Wildman–Crippen LogP) is 2.88. The van der Waals surface area contributed by atoms with Gasteiger partial charge in [0.25, 0.3) is 0 Å². The van der Waals surface area contributed by atoms with Crippen molar-refractivity contribution in [3.8, 4) is 11.3 Å². The summed E-state index contributed by atoms with van der Waals surface area (Å²) in [6, 6.07) is 10.1. The summed E-state index contributed by atoms with van der Waals surface area (Å²) in [6.07, 6.45) is 1.10. The molecule has 0 saturated carbocycles. The quantitative estimate of drug-likeness (QED) is 0.912. The Morgan fingerprint density at radius 3 is 2.75 bits per heavy atom. The van der Waals surface area contributed by atoms with E-state index in [4.69, 9.17) is 11.6 Å². The van der Waals surface area contributed by atoms with Gasteiger partial charge in [-0.1, -0.05) is 23.7 Å². The van der Waals surface area contributed by atoms with Crippen LogP contribution in [0.1, 0.15) is 12.1 Å². The van der Waals surface area contributed by atoms with Crippen LogP contribution < -0.4 is 10.6 Å². The first-order valence-corrected chi connectivity index (χ1v) is 7.17. The first-order valence-electron chi connectivity index (χ1n) is 6.79. The monoisotopic (exact) mass is 288 g/mol. The maximum absolute atomic E-state index is 5.92. The molecule has 1 aromatic heterocycles. The van der Waals surface area contributed by atoms with Gasteiger partial charge >= 0.3 is 0 Å². The average molecular weight is 289 g/mol. The molecule has 4 nitrogen and oxygen atoms in total. The Bertz CT molecular complexity index is 591. The second-order valence-corrected chi connectivity index (χ2v) is 5.50. The summed E-state index contributed by atoms with van der Waals surface area (Å²) in [6.45, 7) is 4.00. The van der Waals surface area contributed by atoms with Crippen molar-refractivity contribution in [2.45, 2.75) is 19.4 Å². The number of rotatable bonds is 3. The topological polar surface area (TPSA) is 49.8 Å².